The van der Waals surface area contributed by atoms with Crippen molar-refractivity contribution in [3.05, 3.63) is 82.9 Å². The summed E-state index contributed by atoms with van der Waals surface area (Å²) in [5, 5.41) is 7.26. The number of hydrogen-bond acceptors (Lipinski definition) is 3. The van der Waals surface area contributed by atoms with Gasteiger partial charge in [0.25, 0.3) is 0 Å². The van der Waals surface area contributed by atoms with Crippen LogP contribution >= 0.6 is 11.6 Å². The number of benzene rings is 3. The maximum Gasteiger partial charge on any atom is 0.0893 e. The summed E-state index contributed by atoms with van der Waals surface area (Å²) in [5.74, 6) is 0. The van der Waals surface area contributed by atoms with Crippen LogP contribution in [0.5, 0.6) is 0 Å². The molecule has 0 aromatic heterocycles. The first-order chi connectivity index (χ1) is 11.6. The van der Waals surface area contributed by atoms with Gasteiger partial charge in [-0.3, -0.25) is 0 Å². The average Bonchev–Trinajstić information content (AvgIpc) is 2.60. The Morgan fingerprint density at radius 2 is 1.62 bits per heavy atom. The smallest absolute Gasteiger partial charge is 0.0893 e. The lowest BCUT2D eigenvalue weighted by Crippen LogP contribution is -2.04. The number of anilines is 4. The fourth-order valence-electron chi connectivity index (χ4n) is 2.45. The molecule has 122 valence electrons. The molecule has 3 aromatic rings. The number of nitrogens with two attached hydrogens (primary N) is 1. The molecule has 0 radical (unpaired) electrons. The molecule has 3 aromatic carbocycles. The average molecular weight is 338 g/mol. The fourth-order valence-corrected chi connectivity index (χ4v) is 2.73. The van der Waals surface area contributed by atoms with Crippen molar-refractivity contribution in [1.82, 2.24) is 0 Å². The molecule has 24 heavy (non-hydrogen) atoms. The van der Waals surface area contributed by atoms with Crippen molar-refractivity contribution in [3.8, 4) is 0 Å². The van der Waals surface area contributed by atoms with E-state index < -0.39 is 0 Å². The second kappa shape index (κ2) is 7.28. The Morgan fingerprint density at radius 1 is 0.917 bits per heavy atom. The molecule has 0 spiro atoms. The van der Waals surface area contributed by atoms with Gasteiger partial charge >= 0.3 is 0 Å². The Labute approximate surface area is 147 Å². The number of aryl methyl sites for hydroxylation is 1. The normalized spacial score (nSPS) is 10.4. The molecule has 0 aliphatic heterocycles. The Bertz CT molecular complexity index is 814. The highest BCUT2D eigenvalue weighted by Crippen LogP contribution is 2.36. The lowest BCUT2D eigenvalue weighted by Gasteiger charge is -2.16. The largest absolute Gasteiger partial charge is 0.397 e. The van der Waals surface area contributed by atoms with Crippen molar-refractivity contribution < 1.29 is 0 Å². The third kappa shape index (κ3) is 3.81. The molecule has 3 rings (SSSR count). The van der Waals surface area contributed by atoms with Gasteiger partial charge in [-0.15, -0.1) is 0 Å². The molecule has 0 amide bonds. The van der Waals surface area contributed by atoms with Crippen LogP contribution in [0.3, 0.4) is 0 Å². The summed E-state index contributed by atoms with van der Waals surface area (Å²) in [7, 11) is 0. The van der Waals surface area contributed by atoms with E-state index in [1.165, 1.54) is 11.1 Å². The maximum absolute atomic E-state index is 6.56. The van der Waals surface area contributed by atoms with E-state index in [2.05, 4.69) is 41.8 Å². The van der Waals surface area contributed by atoms with E-state index >= 15 is 0 Å². The Morgan fingerprint density at radius 3 is 2.33 bits per heavy atom. The quantitative estimate of drug-likeness (QED) is 0.532. The van der Waals surface area contributed by atoms with Crippen LogP contribution in [0, 0.1) is 6.92 Å². The molecule has 3 nitrogen and oxygen atoms in total. The molecule has 0 atom stereocenters. The first kappa shape index (κ1) is 16.2. The molecule has 0 heterocycles. The van der Waals surface area contributed by atoms with Gasteiger partial charge in [0.15, 0.2) is 0 Å². The fraction of sp³-hybridized carbons (Fsp3) is 0.100. The number of nitrogens with one attached hydrogen (secondary N) is 2. The number of halogens is 1. The van der Waals surface area contributed by atoms with Crippen LogP contribution in [0.1, 0.15) is 11.1 Å². The molecule has 0 saturated heterocycles. The molecule has 0 unspecified atom stereocenters. The minimum Gasteiger partial charge on any atom is -0.397 e. The predicted octanol–water partition coefficient (Wildman–Crippen LogP) is 5.59. The molecule has 0 aliphatic carbocycles. The zero-order valence-corrected chi connectivity index (χ0v) is 14.3. The summed E-state index contributed by atoms with van der Waals surface area (Å²) in [6, 6.07) is 22.1. The van der Waals surface area contributed by atoms with E-state index in [-0.39, 0.29) is 0 Å². The Balaban J connectivity index is 1.80. The summed E-state index contributed by atoms with van der Waals surface area (Å²) >= 11 is 6.56. The van der Waals surface area contributed by atoms with Crippen LogP contribution in [-0.4, -0.2) is 0 Å². The van der Waals surface area contributed by atoms with Crippen molar-refractivity contribution in [2.24, 2.45) is 0 Å². The van der Waals surface area contributed by atoms with Gasteiger partial charge in [-0.1, -0.05) is 59.6 Å². The molecule has 0 aliphatic rings. The highest BCUT2D eigenvalue weighted by Gasteiger charge is 2.10. The highest BCUT2D eigenvalue weighted by atomic mass is 35.5. The van der Waals surface area contributed by atoms with Gasteiger partial charge < -0.3 is 16.4 Å². The van der Waals surface area contributed by atoms with E-state index in [0.29, 0.717) is 17.3 Å². The lowest BCUT2D eigenvalue weighted by molar-refractivity contribution is 1.15. The molecular formula is C20H20ClN3. The van der Waals surface area contributed by atoms with E-state index in [0.717, 1.165) is 17.1 Å². The van der Waals surface area contributed by atoms with Crippen LogP contribution in [0.2, 0.25) is 5.02 Å². The third-order valence-corrected chi connectivity index (χ3v) is 4.21. The third-order valence-electron chi connectivity index (χ3n) is 3.82. The molecule has 4 N–H and O–H groups in total. The molecule has 0 bridgehead atoms. The first-order valence-electron chi connectivity index (χ1n) is 7.83. The topological polar surface area (TPSA) is 50.1 Å². The highest BCUT2D eigenvalue weighted by molar-refractivity contribution is 6.36. The SMILES string of the molecule is Cc1ccc(Nc2ccc(N)c(NCc3ccccc3)c2Cl)cc1. The van der Waals surface area contributed by atoms with E-state index in [1.54, 1.807) is 0 Å². The van der Waals surface area contributed by atoms with Gasteiger partial charge in [-0.05, 0) is 36.8 Å². The number of rotatable bonds is 5. The van der Waals surface area contributed by atoms with Crippen molar-refractivity contribution in [3.63, 3.8) is 0 Å². The van der Waals surface area contributed by atoms with Crippen molar-refractivity contribution >= 4 is 34.4 Å². The number of hydrogen-bond donors (Lipinski definition) is 3. The minimum absolute atomic E-state index is 0.589. The van der Waals surface area contributed by atoms with Crippen LogP contribution in [0.25, 0.3) is 0 Å². The summed E-state index contributed by atoms with van der Waals surface area (Å²) in [5.41, 5.74) is 11.7. The summed E-state index contributed by atoms with van der Waals surface area (Å²) in [6.07, 6.45) is 0. The summed E-state index contributed by atoms with van der Waals surface area (Å²) < 4.78 is 0. The van der Waals surface area contributed by atoms with Gasteiger partial charge in [0.2, 0.25) is 0 Å². The monoisotopic (exact) mass is 337 g/mol. The number of nitrogen functional groups attached to an aromatic ring is 1. The van der Waals surface area contributed by atoms with Crippen molar-refractivity contribution in [2.75, 3.05) is 16.4 Å². The standard InChI is InChI=1S/C20H20ClN3/c1-14-7-9-16(10-8-14)24-18-12-11-17(22)20(19(18)21)23-13-15-5-3-2-4-6-15/h2-12,23-24H,13,22H2,1H3. The van der Waals surface area contributed by atoms with Crippen LogP contribution < -0.4 is 16.4 Å². The maximum atomic E-state index is 6.56. The van der Waals surface area contributed by atoms with Gasteiger partial charge in [0.05, 0.1) is 22.1 Å². The van der Waals surface area contributed by atoms with Crippen LogP contribution in [0.15, 0.2) is 66.7 Å². The molecule has 0 saturated carbocycles. The first-order valence-corrected chi connectivity index (χ1v) is 8.21. The van der Waals surface area contributed by atoms with Crippen molar-refractivity contribution in [2.45, 2.75) is 13.5 Å². The van der Waals surface area contributed by atoms with Gasteiger partial charge in [-0.2, -0.15) is 0 Å². The zero-order valence-electron chi connectivity index (χ0n) is 13.5. The van der Waals surface area contributed by atoms with Gasteiger partial charge in [0.1, 0.15) is 0 Å². The summed E-state index contributed by atoms with van der Waals surface area (Å²) in [4.78, 5) is 0. The molecule has 4 heteroatoms. The molecule has 0 fully saturated rings. The van der Waals surface area contributed by atoms with Crippen LogP contribution in [-0.2, 0) is 6.54 Å². The predicted molar refractivity (Wildman–Crippen MR) is 104 cm³/mol. The van der Waals surface area contributed by atoms with Gasteiger partial charge in [-0.25, -0.2) is 0 Å². The second-order valence-electron chi connectivity index (χ2n) is 5.72. The van der Waals surface area contributed by atoms with Gasteiger partial charge in [0, 0.05) is 12.2 Å². The Kier molecular flexibility index (Phi) is 4.92. The van der Waals surface area contributed by atoms with E-state index in [4.69, 9.17) is 17.3 Å². The lowest BCUT2D eigenvalue weighted by atomic mass is 10.2. The van der Waals surface area contributed by atoms with Crippen LogP contribution in [0.4, 0.5) is 22.7 Å². The van der Waals surface area contributed by atoms with E-state index in [9.17, 15) is 0 Å². The van der Waals surface area contributed by atoms with Crippen molar-refractivity contribution in [1.29, 1.82) is 0 Å². The Hall–Kier alpha value is -2.65. The minimum atomic E-state index is 0.589. The summed E-state index contributed by atoms with van der Waals surface area (Å²) in [6.45, 7) is 2.73. The zero-order chi connectivity index (χ0) is 16.9. The van der Waals surface area contributed by atoms with E-state index in [1.807, 2.05) is 42.5 Å². The molecular weight excluding hydrogens is 318 g/mol. The second-order valence-corrected chi connectivity index (χ2v) is 6.10.